The van der Waals surface area contributed by atoms with Crippen molar-refractivity contribution in [3.05, 3.63) is 81.2 Å². The van der Waals surface area contributed by atoms with Gasteiger partial charge in [0.15, 0.2) is 5.78 Å². The first-order valence-corrected chi connectivity index (χ1v) is 9.13. The van der Waals surface area contributed by atoms with E-state index >= 15 is 0 Å². The number of fused-ring (bicyclic) bond motifs is 1. The van der Waals surface area contributed by atoms with Crippen LogP contribution in [0.3, 0.4) is 0 Å². The minimum atomic E-state index is -0.338. The maximum absolute atomic E-state index is 13.0. The molecule has 4 nitrogen and oxygen atoms in total. The summed E-state index contributed by atoms with van der Waals surface area (Å²) >= 11 is 6.36. The highest BCUT2D eigenvalue weighted by Crippen LogP contribution is 2.28. The van der Waals surface area contributed by atoms with Crippen LogP contribution in [0, 0.1) is 0 Å². The van der Waals surface area contributed by atoms with E-state index in [1.165, 1.54) is 0 Å². The van der Waals surface area contributed by atoms with Crippen LogP contribution in [0.4, 0.5) is 0 Å². The molecule has 2 N–H and O–H groups in total. The number of carbonyl (C=O) groups is 1. The van der Waals surface area contributed by atoms with Crippen LogP contribution in [0.25, 0.3) is 10.8 Å². The molecule has 1 fully saturated rings. The van der Waals surface area contributed by atoms with Gasteiger partial charge in [0, 0.05) is 29.1 Å². The number of halogens is 1. The molecule has 1 aliphatic rings. The third kappa shape index (κ3) is 3.57. The fourth-order valence-corrected chi connectivity index (χ4v) is 3.42. The van der Waals surface area contributed by atoms with E-state index in [2.05, 4.69) is 10.3 Å². The van der Waals surface area contributed by atoms with E-state index in [4.69, 9.17) is 11.6 Å². The van der Waals surface area contributed by atoms with Crippen molar-refractivity contribution in [3.63, 3.8) is 0 Å². The number of ketones is 1. The molecule has 26 heavy (non-hydrogen) atoms. The second-order valence-electron chi connectivity index (χ2n) is 6.77. The lowest BCUT2D eigenvalue weighted by molar-refractivity contribution is -0.120. The van der Waals surface area contributed by atoms with Gasteiger partial charge in [0.2, 0.25) is 0 Å². The van der Waals surface area contributed by atoms with Gasteiger partial charge in [-0.3, -0.25) is 9.59 Å². The predicted molar refractivity (Wildman–Crippen MR) is 104 cm³/mol. The number of carbonyl (C=O) groups excluding carboxylic acids is 1. The van der Waals surface area contributed by atoms with Gasteiger partial charge in [0.1, 0.15) is 0 Å². The minimum absolute atomic E-state index is 0.0780. The molecule has 0 radical (unpaired) electrons. The summed E-state index contributed by atoms with van der Waals surface area (Å²) in [5.74, 6) is 0.0780. The summed E-state index contributed by atoms with van der Waals surface area (Å²) in [7, 11) is 0. The lowest BCUT2D eigenvalue weighted by atomic mass is 9.96. The van der Waals surface area contributed by atoms with Crippen LogP contribution in [-0.4, -0.2) is 16.8 Å². The number of benzene rings is 2. The van der Waals surface area contributed by atoms with Crippen LogP contribution < -0.4 is 10.9 Å². The molecular weight excluding hydrogens is 348 g/mol. The Balaban J connectivity index is 1.64. The second kappa shape index (κ2) is 7.06. The molecule has 1 saturated carbocycles. The van der Waals surface area contributed by atoms with Gasteiger partial charge in [-0.2, -0.15) is 0 Å². The first kappa shape index (κ1) is 17.0. The number of pyridine rings is 1. The first-order valence-electron chi connectivity index (χ1n) is 8.75. The molecule has 1 aromatic heterocycles. The van der Waals surface area contributed by atoms with Gasteiger partial charge in [0.25, 0.3) is 5.56 Å². The maximum Gasteiger partial charge on any atom is 0.255 e. The van der Waals surface area contributed by atoms with Gasteiger partial charge in [-0.25, -0.2) is 0 Å². The number of nitrogens with one attached hydrogen (secondary N) is 2. The van der Waals surface area contributed by atoms with Gasteiger partial charge in [-0.1, -0.05) is 41.9 Å². The molecule has 5 heteroatoms. The largest absolute Gasteiger partial charge is 0.329 e. The van der Waals surface area contributed by atoms with Gasteiger partial charge in [0.05, 0.1) is 6.04 Å². The highest BCUT2D eigenvalue weighted by atomic mass is 35.5. The number of aromatic amines is 1. The second-order valence-corrected chi connectivity index (χ2v) is 7.17. The highest BCUT2D eigenvalue weighted by molar-refractivity contribution is 6.32. The van der Waals surface area contributed by atoms with Gasteiger partial charge >= 0.3 is 0 Å². The Morgan fingerprint density at radius 1 is 1.19 bits per heavy atom. The number of rotatable bonds is 6. The summed E-state index contributed by atoms with van der Waals surface area (Å²) in [6.07, 6.45) is 4.04. The average Bonchev–Trinajstić information content (AvgIpc) is 3.46. The molecule has 0 aliphatic heterocycles. The van der Waals surface area contributed by atoms with E-state index in [0.29, 0.717) is 16.5 Å². The highest BCUT2D eigenvalue weighted by Gasteiger charge is 2.29. The zero-order chi connectivity index (χ0) is 18.1. The Morgan fingerprint density at radius 2 is 1.96 bits per heavy atom. The average molecular weight is 367 g/mol. The fraction of sp³-hybridized carbons (Fsp3) is 0.238. The molecule has 1 aliphatic carbocycles. The monoisotopic (exact) mass is 366 g/mol. The van der Waals surface area contributed by atoms with Gasteiger partial charge < -0.3 is 10.3 Å². The molecular formula is C21H19ClN2O2. The Bertz CT molecular complexity index is 1010. The van der Waals surface area contributed by atoms with Crippen molar-refractivity contribution in [2.45, 2.75) is 31.3 Å². The van der Waals surface area contributed by atoms with Crippen molar-refractivity contribution in [3.8, 4) is 0 Å². The normalized spacial score (nSPS) is 15.1. The van der Waals surface area contributed by atoms with Crippen LogP contribution >= 0.6 is 11.6 Å². The Hall–Kier alpha value is -2.43. The van der Waals surface area contributed by atoms with E-state index in [-0.39, 0.29) is 23.8 Å². The summed E-state index contributed by atoms with van der Waals surface area (Å²) in [5, 5.41) is 5.21. The van der Waals surface area contributed by atoms with Crippen LogP contribution in [0.2, 0.25) is 5.02 Å². The summed E-state index contributed by atoms with van der Waals surface area (Å²) in [4.78, 5) is 27.6. The third-order valence-corrected chi connectivity index (χ3v) is 5.09. The molecule has 4 rings (SSSR count). The van der Waals surface area contributed by atoms with E-state index in [1.54, 1.807) is 12.3 Å². The topological polar surface area (TPSA) is 62.0 Å². The molecule has 0 spiro atoms. The summed E-state index contributed by atoms with van der Waals surface area (Å²) < 4.78 is 0. The molecule has 0 amide bonds. The molecule has 132 valence electrons. The molecule has 1 atom stereocenters. The smallest absolute Gasteiger partial charge is 0.255 e. The van der Waals surface area contributed by atoms with Crippen molar-refractivity contribution >= 4 is 28.2 Å². The molecule has 0 bridgehead atoms. The van der Waals surface area contributed by atoms with E-state index in [1.807, 2.05) is 42.5 Å². The van der Waals surface area contributed by atoms with Crippen molar-refractivity contribution in [1.82, 2.24) is 10.3 Å². The number of hydrogen-bond donors (Lipinski definition) is 2. The van der Waals surface area contributed by atoms with E-state index in [9.17, 15) is 9.59 Å². The number of hydrogen-bond acceptors (Lipinski definition) is 3. The number of H-pyrrole nitrogens is 1. The quantitative estimate of drug-likeness (QED) is 0.697. The van der Waals surface area contributed by atoms with Crippen LogP contribution in [0.5, 0.6) is 0 Å². The zero-order valence-corrected chi connectivity index (χ0v) is 14.9. The van der Waals surface area contributed by atoms with Crippen molar-refractivity contribution in [1.29, 1.82) is 0 Å². The molecule has 3 aromatic rings. The minimum Gasteiger partial charge on any atom is -0.329 e. The summed E-state index contributed by atoms with van der Waals surface area (Å²) in [6.45, 7) is 0. The number of Topliss-reactive ketones (excluding diaryl/α,β-unsaturated/α-hetero) is 1. The molecule has 1 unspecified atom stereocenters. The van der Waals surface area contributed by atoms with Crippen molar-refractivity contribution in [2.75, 3.05) is 0 Å². The van der Waals surface area contributed by atoms with E-state index in [0.717, 1.165) is 29.4 Å². The molecule has 1 heterocycles. The standard InChI is InChI=1S/C21H19ClN2O2/c22-18-12-17-14(8-9-23-21(17)26)10-15(18)11-19(25)20(24-16-6-7-16)13-4-2-1-3-5-13/h1-5,8-10,12,16,20,24H,6-7,11H2,(H,23,26). The fourth-order valence-electron chi connectivity index (χ4n) is 3.19. The Morgan fingerprint density at radius 3 is 2.69 bits per heavy atom. The van der Waals surface area contributed by atoms with Crippen molar-refractivity contribution in [2.24, 2.45) is 0 Å². The lowest BCUT2D eigenvalue weighted by Crippen LogP contribution is -2.31. The predicted octanol–water partition coefficient (Wildman–Crippen LogP) is 3.79. The van der Waals surface area contributed by atoms with Crippen LogP contribution in [-0.2, 0) is 11.2 Å². The maximum atomic E-state index is 13.0. The Kier molecular flexibility index (Phi) is 4.62. The number of aromatic nitrogens is 1. The molecule has 2 aromatic carbocycles. The summed E-state index contributed by atoms with van der Waals surface area (Å²) in [5.41, 5.74) is 1.53. The van der Waals surface area contributed by atoms with Crippen molar-refractivity contribution < 1.29 is 4.79 Å². The third-order valence-electron chi connectivity index (χ3n) is 4.74. The van der Waals surface area contributed by atoms with Crippen LogP contribution in [0.1, 0.15) is 30.0 Å². The lowest BCUT2D eigenvalue weighted by Gasteiger charge is -2.18. The van der Waals surface area contributed by atoms with E-state index < -0.39 is 0 Å². The SMILES string of the molecule is O=C(Cc1cc2cc[nH]c(=O)c2cc1Cl)C(NC1CC1)c1ccccc1. The van der Waals surface area contributed by atoms with Crippen LogP contribution in [0.15, 0.2) is 59.5 Å². The zero-order valence-electron chi connectivity index (χ0n) is 14.2. The van der Waals surface area contributed by atoms with Gasteiger partial charge in [-0.15, -0.1) is 0 Å². The summed E-state index contributed by atoms with van der Waals surface area (Å²) in [6, 6.07) is 15.1. The Labute approximate surface area is 156 Å². The molecule has 0 saturated heterocycles. The van der Waals surface area contributed by atoms with Gasteiger partial charge in [-0.05, 0) is 47.6 Å². The first-order chi connectivity index (χ1) is 12.6.